The number of hydrogen-bond donors (Lipinski definition) is 7. The minimum absolute atomic E-state index is 0.0213. The van der Waals surface area contributed by atoms with Crippen LogP contribution in [0.4, 0.5) is 0 Å². The van der Waals surface area contributed by atoms with Crippen molar-refractivity contribution in [1.29, 1.82) is 0 Å². The van der Waals surface area contributed by atoms with E-state index in [0.29, 0.717) is 51.4 Å². The molecule has 2 fully saturated rings. The van der Waals surface area contributed by atoms with Crippen LogP contribution in [-0.4, -0.2) is 92.6 Å². The largest absolute Gasteiger partial charge is 0.481 e. The molecule has 10 atom stereocenters. The van der Waals surface area contributed by atoms with Crippen molar-refractivity contribution in [1.82, 2.24) is 0 Å². The Morgan fingerprint density at radius 3 is 1.53 bits per heavy atom. The number of carboxylic acids is 2. The topological polar surface area (TPSA) is 185 Å². The molecule has 0 aliphatic heterocycles. The number of aliphatic hydroxyl groups is 5. The average molecular weight is 739 g/mol. The molecule has 0 aromatic heterocycles. The summed E-state index contributed by atoms with van der Waals surface area (Å²) in [6.45, 7) is 15.2. The summed E-state index contributed by atoms with van der Waals surface area (Å²) in [6.07, 6.45) is 19.4. The van der Waals surface area contributed by atoms with E-state index in [1.807, 2.05) is 43.4 Å². The lowest BCUT2D eigenvalue weighted by molar-refractivity contribution is -0.138. The Hall–Kier alpha value is -2.12. The second kappa shape index (κ2) is 23.5. The zero-order chi connectivity index (χ0) is 38.8. The van der Waals surface area contributed by atoms with Crippen molar-refractivity contribution in [2.24, 2.45) is 23.7 Å². The van der Waals surface area contributed by atoms with Crippen LogP contribution in [0.25, 0.3) is 0 Å². The summed E-state index contributed by atoms with van der Waals surface area (Å²) in [7, 11) is -1.87. The number of aliphatic carboxylic acids is 2. The van der Waals surface area contributed by atoms with Gasteiger partial charge >= 0.3 is 11.9 Å². The maximum absolute atomic E-state index is 10.6. The molecule has 2 aliphatic carbocycles. The molecule has 51 heavy (non-hydrogen) atoms. The first-order chi connectivity index (χ1) is 23.8. The molecule has 2 aliphatic rings. The molecule has 294 valence electrons. The third-order valence-corrected chi connectivity index (χ3v) is 15.2. The maximum atomic E-state index is 10.6. The fraction of sp³-hybridized carbons (Fsp3) is 0.750. The molecule has 7 N–H and O–H groups in total. The van der Waals surface area contributed by atoms with E-state index in [2.05, 4.69) is 46.9 Å². The van der Waals surface area contributed by atoms with Gasteiger partial charge in [-0.25, -0.2) is 0 Å². The lowest BCUT2D eigenvalue weighted by atomic mass is 9.89. The highest BCUT2D eigenvalue weighted by Gasteiger charge is 2.41. The molecule has 0 aromatic rings. The number of hydrogen-bond acceptors (Lipinski definition) is 8. The lowest BCUT2D eigenvalue weighted by Crippen LogP contribution is -2.43. The smallest absolute Gasteiger partial charge is 0.303 e. The average Bonchev–Trinajstić information content (AvgIpc) is 3.47. The van der Waals surface area contributed by atoms with E-state index in [1.165, 1.54) is 0 Å². The zero-order valence-corrected chi connectivity index (χ0v) is 33.2. The fourth-order valence-corrected chi connectivity index (χ4v) is 7.71. The van der Waals surface area contributed by atoms with E-state index in [1.54, 1.807) is 6.08 Å². The number of allylic oxidation sites excluding steroid dienone is 4. The van der Waals surface area contributed by atoms with Crippen LogP contribution in [-0.2, 0) is 14.0 Å². The molecule has 0 radical (unpaired) electrons. The monoisotopic (exact) mass is 738 g/mol. The molecule has 0 bridgehead atoms. The summed E-state index contributed by atoms with van der Waals surface area (Å²) in [4.78, 5) is 21.0. The normalized spacial score (nSPS) is 28.5. The van der Waals surface area contributed by atoms with Crippen LogP contribution >= 0.6 is 0 Å². The Bertz CT molecular complexity index is 1130. The standard InChI is InChI=1S/C23H42O5Si.C17H28O5/c1-7-17(28-29(5,6)23(2,3)4)14-15-19-18(20(24)16-21(19)25)12-10-8-9-11-13-22(26)27;1-2-12(18)9-10-14-13(15(19)11-16(14)20)7-5-3-4-6-8-17(21)22/h8,10,14-15,17-21,24-25H,7,9,11-13,16H2,1-6H3,(H,26,27);3,5,9-10,12-16,18-20H,2,4,6-8,11H2,1H3,(H,21,22)/b10-8-,15-14+;5-3-,10-9+/t17-,18+,19+,20-,21+;12-,13+,14+,15-,16+/m00/s1. The minimum atomic E-state index is -1.87. The van der Waals surface area contributed by atoms with Gasteiger partial charge in [0.25, 0.3) is 0 Å². The number of rotatable bonds is 20. The molecule has 0 heterocycles. The van der Waals surface area contributed by atoms with Gasteiger partial charge in [-0.1, -0.05) is 83.2 Å². The second-order valence-electron chi connectivity index (χ2n) is 15.8. The van der Waals surface area contributed by atoms with Crippen LogP contribution in [0.3, 0.4) is 0 Å². The highest BCUT2D eigenvalue weighted by Crippen LogP contribution is 2.39. The molecule has 0 amide bonds. The van der Waals surface area contributed by atoms with Crippen molar-refractivity contribution in [3.05, 3.63) is 48.6 Å². The third-order valence-electron chi connectivity index (χ3n) is 10.7. The van der Waals surface area contributed by atoms with Crippen LogP contribution in [0, 0.1) is 23.7 Å². The SMILES string of the molecule is CC[C@@H](/C=C/[C@@H]1[C@@H](C/C=C\CCCC(=O)O)[C@@H](O)C[C@H]1O)O[Si](C)(C)C(C)(C)C.CC[C@H](O)/C=C/[C@@H]1[C@@H](C/C=C\CCCC(=O)O)[C@@H](O)C[C@H]1O. The molecule has 10 nitrogen and oxygen atoms in total. The number of aliphatic hydroxyl groups excluding tert-OH is 5. The highest BCUT2D eigenvalue weighted by molar-refractivity contribution is 6.74. The fourth-order valence-electron chi connectivity index (χ4n) is 6.36. The molecule has 2 rings (SSSR count). The first kappa shape index (κ1) is 46.9. The van der Waals surface area contributed by atoms with Crippen molar-refractivity contribution in [3.8, 4) is 0 Å². The van der Waals surface area contributed by atoms with Gasteiger partial charge in [0.2, 0.25) is 0 Å². The molecule has 0 saturated heterocycles. The molecule has 11 heteroatoms. The van der Waals surface area contributed by atoms with E-state index in [4.69, 9.17) is 14.6 Å². The molecule has 0 spiro atoms. The van der Waals surface area contributed by atoms with Crippen molar-refractivity contribution in [2.45, 2.75) is 166 Å². The summed E-state index contributed by atoms with van der Waals surface area (Å²) >= 11 is 0. The van der Waals surface area contributed by atoms with Gasteiger partial charge < -0.3 is 40.2 Å². The van der Waals surface area contributed by atoms with Gasteiger partial charge in [0.15, 0.2) is 8.32 Å². The van der Waals surface area contributed by atoms with Gasteiger partial charge in [0, 0.05) is 37.5 Å². The van der Waals surface area contributed by atoms with Crippen LogP contribution in [0.2, 0.25) is 18.1 Å². The predicted molar refractivity (Wildman–Crippen MR) is 205 cm³/mol. The van der Waals surface area contributed by atoms with Gasteiger partial charge in [-0.2, -0.15) is 0 Å². The minimum Gasteiger partial charge on any atom is -0.481 e. The summed E-state index contributed by atoms with van der Waals surface area (Å²) in [5.41, 5.74) is 0. The molecule has 0 aromatic carbocycles. The van der Waals surface area contributed by atoms with E-state index in [9.17, 15) is 35.1 Å². The Balaban J connectivity index is 0.000000530. The first-order valence-corrected chi connectivity index (χ1v) is 21.9. The van der Waals surface area contributed by atoms with Crippen molar-refractivity contribution >= 4 is 20.3 Å². The molecular formula is C40H70O10Si. The van der Waals surface area contributed by atoms with E-state index in [-0.39, 0.29) is 47.7 Å². The number of unbranched alkanes of at least 4 members (excludes halogenated alkanes) is 2. The van der Waals surface area contributed by atoms with Gasteiger partial charge in [0.1, 0.15) is 0 Å². The van der Waals surface area contributed by atoms with Crippen LogP contribution in [0.15, 0.2) is 48.6 Å². The van der Waals surface area contributed by atoms with Gasteiger partial charge in [-0.3, -0.25) is 9.59 Å². The van der Waals surface area contributed by atoms with E-state index in [0.717, 1.165) is 12.8 Å². The Morgan fingerprint density at radius 2 is 1.16 bits per heavy atom. The molecular weight excluding hydrogens is 669 g/mol. The molecule has 2 saturated carbocycles. The van der Waals surface area contributed by atoms with E-state index >= 15 is 0 Å². The van der Waals surface area contributed by atoms with E-state index < -0.39 is 50.8 Å². The summed E-state index contributed by atoms with van der Waals surface area (Å²) in [5, 5.41) is 67.9. The molecule has 0 unspecified atom stereocenters. The van der Waals surface area contributed by atoms with Crippen LogP contribution in [0.5, 0.6) is 0 Å². The van der Waals surface area contributed by atoms with Crippen LogP contribution in [0.1, 0.15) is 112 Å². The summed E-state index contributed by atoms with van der Waals surface area (Å²) in [6, 6.07) is 0. The Kier molecular flexibility index (Phi) is 21.6. The Labute approximate surface area is 308 Å². The third kappa shape index (κ3) is 17.5. The predicted octanol–water partition coefficient (Wildman–Crippen LogP) is 6.77. The summed E-state index contributed by atoms with van der Waals surface area (Å²) in [5.74, 6) is -1.90. The first-order valence-electron chi connectivity index (χ1n) is 19.0. The van der Waals surface area contributed by atoms with Crippen LogP contribution < -0.4 is 0 Å². The Morgan fingerprint density at radius 1 is 0.725 bits per heavy atom. The number of carbonyl (C=O) groups is 2. The lowest BCUT2D eigenvalue weighted by Gasteiger charge is -2.38. The quantitative estimate of drug-likeness (QED) is 0.0399. The maximum Gasteiger partial charge on any atom is 0.303 e. The second-order valence-corrected chi connectivity index (χ2v) is 20.5. The van der Waals surface area contributed by atoms with Crippen molar-refractivity contribution in [2.75, 3.05) is 0 Å². The summed E-state index contributed by atoms with van der Waals surface area (Å²) < 4.78 is 6.50. The zero-order valence-electron chi connectivity index (χ0n) is 32.2. The van der Waals surface area contributed by atoms with Crippen molar-refractivity contribution in [3.63, 3.8) is 0 Å². The van der Waals surface area contributed by atoms with Gasteiger partial charge in [-0.15, -0.1) is 0 Å². The highest BCUT2D eigenvalue weighted by atomic mass is 28.4. The van der Waals surface area contributed by atoms with Gasteiger partial charge in [-0.05, 0) is 81.3 Å². The van der Waals surface area contributed by atoms with Crippen molar-refractivity contribution < 1.29 is 49.8 Å². The number of carboxylic acid groups (broad SMARTS) is 2. The van der Waals surface area contributed by atoms with Gasteiger partial charge in [0.05, 0.1) is 36.6 Å².